The fraction of sp³-hybridized carbons (Fsp3) is 0.400. The third kappa shape index (κ3) is 3.81. The molecule has 1 aliphatic rings. The quantitative estimate of drug-likeness (QED) is 0.884. The van der Waals surface area contributed by atoms with Crippen LogP contribution >= 0.6 is 0 Å². The lowest BCUT2D eigenvalue weighted by Gasteiger charge is -2.32. The summed E-state index contributed by atoms with van der Waals surface area (Å²) in [5.41, 5.74) is 1.24. The van der Waals surface area contributed by atoms with Crippen molar-refractivity contribution in [2.75, 3.05) is 40.4 Å². The second kappa shape index (κ2) is 8.47. The minimum absolute atomic E-state index is 0.388. The van der Waals surface area contributed by atoms with Gasteiger partial charge in [-0.15, -0.1) is 0 Å². The SMILES string of the molecule is COc1cccc(C(c2ccc(F)cc2F)N2CCCNCC2)c1OC. The molecule has 3 rings (SSSR count). The Morgan fingerprint density at radius 1 is 1.00 bits per heavy atom. The van der Waals surface area contributed by atoms with Crippen LogP contribution in [0.15, 0.2) is 36.4 Å². The van der Waals surface area contributed by atoms with Crippen LogP contribution in [0.25, 0.3) is 0 Å². The van der Waals surface area contributed by atoms with Crippen molar-refractivity contribution in [2.45, 2.75) is 12.5 Å². The molecular weight excluding hydrogens is 338 g/mol. The Hall–Kier alpha value is -2.18. The summed E-state index contributed by atoms with van der Waals surface area (Å²) in [4.78, 5) is 2.20. The molecule has 0 aromatic heterocycles. The van der Waals surface area contributed by atoms with Crippen LogP contribution in [0.2, 0.25) is 0 Å². The van der Waals surface area contributed by atoms with Gasteiger partial charge in [-0.1, -0.05) is 18.2 Å². The molecule has 1 aliphatic heterocycles. The van der Waals surface area contributed by atoms with E-state index >= 15 is 0 Å². The fourth-order valence-electron chi connectivity index (χ4n) is 3.54. The lowest BCUT2D eigenvalue weighted by molar-refractivity contribution is 0.230. The van der Waals surface area contributed by atoms with Crippen molar-refractivity contribution in [1.29, 1.82) is 0 Å². The number of hydrogen-bond acceptors (Lipinski definition) is 4. The number of benzene rings is 2. The van der Waals surface area contributed by atoms with Crippen molar-refractivity contribution < 1.29 is 18.3 Å². The van der Waals surface area contributed by atoms with Crippen LogP contribution in [0.1, 0.15) is 23.6 Å². The van der Waals surface area contributed by atoms with Crippen molar-refractivity contribution in [2.24, 2.45) is 0 Å². The number of halogens is 2. The fourth-order valence-corrected chi connectivity index (χ4v) is 3.54. The molecule has 1 heterocycles. The zero-order valence-corrected chi connectivity index (χ0v) is 15.1. The summed E-state index contributed by atoms with van der Waals surface area (Å²) in [5, 5.41) is 3.36. The van der Waals surface area contributed by atoms with Crippen LogP contribution in [0, 0.1) is 11.6 Å². The standard InChI is InChI=1S/C20H24F2N2O2/c1-25-18-6-3-5-16(20(18)26-2)19(24-11-4-9-23-10-12-24)15-8-7-14(21)13-17(15)22/h3,5-8,13,19,23H,4,9-12H2,1-2H3. The Morgan fingerprint density at radius 2 is 1.85 bits per heavy atom. The maximum Gasteiger partial charge on any atom is 0.165 e. The minimum atomic E-state index is -0.583. The molecule has 4 nitrogen and oxygen atoms in total. The minimum Gasteiger partial charge on any atom is -0.493 e. The highest BCUT2D eigenvalue weighted by Gasteiger charge is 2.29. The van der Waals surface area contributed by atoms with Gasteiger partial charge in [-0.25, -0.2) is 8.78 Å². The number of ether oxygens (including phenoxy) is 2. The molecule has 1 saturated heterocycles. The number of para-hydroxylation sites is 1. The highest BCUT2D eigenvalue weighted by molar-refractivity contribution is 5.51. The number of rotatable bonds is 5. The number of nitrogens with one attached hydrogen (secondary N) is 1. The Balaban J connectivity index is 2.14. The highest BCUT2D eigenvalue weighted by Crippen LogP contribution is 2.41. The van der Waals surface area contributed by atoms with Gasteiger partial charge in [0.15, 0.2) is 11.5 Å². The maximum atomic E-state index is 14.7. The average molecular weight is 362 g/mol. The Kier molecular flexibility index (Phi) is 6.06. The summed E-state index contributed by atoms with van der Waals surface area (Å²) in [6, 6.07) is 8.95. The summed E-state index contributed by atoms with van der Waals surface area (Å²) in [6.45, 7) is 3.28. The monoisotopic (exact) mass is 362 g/mol. The average Bonchev–Trinajstić information content (AvgIpc) is 2.92. The third-order valence-corrected chi connectivity index (χ3v) is 4.72. The molecule has 0 spiro atoms. The molecule has 0 aliphatic carbocycles. The molecular formula is C20H24F2N2O2. The topological polar surface area (TPSA) is 33.7 Å². The van der Waals surface area contributed by atoms with Gasteiger partial charge in [0.2, 0.25) is 0 Å². The third-order valence-electron chi connectivity index (χ3n) is 4.72. The lowest BCUT2D eigenvalue weighted by atomic mass is 9.95. The molecule has 1 N–H and O–H groups in total. The zero-order valence-electron chi connectivity index (χ0n) is 15.1. The van der Waals surface area contributed by atoms with Crippen molar-refractivity contribution in [1.82, 2.24) is 10.2 Å². The second-order valence-corrected chi connectivity index (χ2v) is 6.29. The number of methoxy groups -OCH3 is 2. The van der Waals surface area contributed by atoms with Crippen LogP contribution < -0.4 is 14.8 Å². The number of hydrogen-bond donors (Lipinski definition) is 1. The van der Waals surface area contributed by atoms with Crippen molar-refractivity contribution in [3.8, 4) is 11.5 Å². The molecule has 26 heavy (non-hydrogen) atoms. The van der Waals surface area contributed by atoms with Gasteiger partial charge < -0.3 is 14.8 Å². The van der Waals surface area contributed by atoms with Crippen LogP contribution in [0.3, 0.4) is 0 Å². The molecule has 140 valence electrons. The van der Waals surface area contributed by atoms with Crippen LogP contribution in [0.5, 0.6) is 11.5 Å². The van der Waals surface area contributed by atoms with E-state index in [4.69, 9.17) is 9.47 Å². The predicted molar refractivity (Wildman–Crippen MR) is 96.8 cm³/mol. The van der Waals surface area contributed by atoms with Gasteiger partial charge in [0.25, 0.3) is 0 Å². The molecule has 2 aromatic carbocycles. The first-order valence-electron chi connectivity index (χ1n) is 8.76. The molecule has 0 radical (unpaired) electrons. The molecule has 0 amide bonds. The Morgan fingerprint density at radius 3 is 2.58 bits per heavy atom. The summed E-state index contributed by atoms with van der Waals surface area (Å²) in [7, 11) is 3.15. The molecule has 0 saturated carbocycles. The van der Waals surface area contributed by atoms with Gasteiger partial charge in [0.05, 0.1) is 20.3 Å². The largest absolute Gasteiger partial charge is 0.493 e. The Labute approximate surface area is 152 Å². The number of nitrogens with zero attached hydrogens (tertiary/aromatic N) is 1. The van der Waals surface area contributed by atoms with Gasteiger partial charge in [0.1, 0.15) is 11.6 Å². The van der Waals surface area contributed by atoms with Gasteiger partial charge >= 0.3 is 0 Å². The zero-order chi connectivity index (χ0) is 18.5. The van der Waals surface area contributed by atoms with Crippen molar-refractivity contribution in [3.63, 3.8) is 0 Å². The molecule has 6 heteroatoms. The first kappa shape index (κ1) is 18.6. The predicted octanol–water partition coefficient (Wildman–Crippen LogP) is 3.37. The van der Waals surface area contributed by atoms with Gasteiger partial charge in [-0.2, -0.15) is 0 Å². The van der Waals surface area contributed by atoms with E-state index in [0.29, 0.717) is 17.1 Å². The van der Waals surface area contributed by atoms with Crippen LogP contribution in [-0.2, 0) is 0 Å². The van der Waals surface area contributed by atoms with E-state index < -0.39 is 11.6 Å². The van der Waals surface area contributed by atoms with Crippen LogP contribution in [-0.4, -0.2) is 45.3 Å². The molecule has 1 unspecified atom stereocenters. The Bertz CT molecular complexity index is 747. The maximum absolute atomic E-state index is 14.7. The first-order valence-corrected chi connectivity index (χ1v) is 8.76. The lowest BCUT2D eigenvalue weighted by Crippen LogP contribution is -2.33. The summed E-state index contributed by atoms with van der Waals surface area (Å²) < 4.78 is 39.2. The summed E-state index contributed by atoms with van der Waals surface area (Å²) in [5.74, 6) is 0.0172. The van der Waals surface area contributed by atoms with E-state index in [1.165, 1.54) is 12.1 Å². The van der Waals surface area contributed by atoms with E-state index in [9.17, 15) is 8.78 Å². The normalized spacial score (nSPS) is 16.8. The van der Waals surface area contributed by atoms with Crippen LogP contribution in [0.4, 0.5) is 8.78 Å². The van der Waals surface area contributed by atoms with Crippen molar-refractivity contribution >= 4 is 0 Å². The smallest absolute Gasteiger partial charge is 0.165 e. The highest BCUT2D eigenvalue weighted by atomic mass is 19.1. The van der Waals surface area contributed by atoms with Crippen molar-refractivity contribution in [3.05, 3.63) is 59.2 Å². The first-order chi connectivity index (χ1) is 12.7. The second-order valence-electron chi connectivity index (χ2n) is 6.29. The summed E-state index contributed by atoms with van der Waals surface area (Å²) >= 11 is 0. The molecule has 0 bridgehead atoms. The van der Waals surface area contributed by atoms with E-state index in [1.54, 1.807) is 14.2 Å². The molecule has 1 fully saturated rings. The van der Waals surface area contributed by atoms with Gasteiger partial charge in [-0.05, 0) is 25.1 Å². The van der Waals surface area contributed by atoms with E-state index in [0.717, 1.165) is 44.2 Å². The van der Waals surface area contributed by atoms with E-state index in [2.05, 4.69) is 10.2 Å². The summed E-state index contributed by atoms with van der Waals surface area (Å²) in [6.07, 6.45) is 0.950. The van der Waals surface area contributed by atoms with E-state index in [1.807, 2.05) is 18.2 Å². The molecule has 2 aromatic rings. The molecule has 1 atom stereocenters. The van der Waals surface area contributed by atoms with Gasteiger partial charge in [-0.3, -0.25) is 4.90 Å². The van der Waals surface area contributed by atoms with Gasteiger partial charge in [0, 0.05) is 36.8 Å². The van der Waals surface area contributed by atoms with E-state index in [-0.39, 0.29) is 6.04 Å².